The molecule has 38 heavy (non-hydrogen) atoms. The van der Waals surface area contributed by atoms with Crippen molar-refractivity contribution in [3.63, 3.8) is 0 Å². The zero-order valence-electron chi connectivity index (χ0n) is 21.7. The van der Waals surface area contributed by atoms with E-state index in [1.165, 1.54) is 18.5 Å². The smallest absolute Gasteiger partial charge is 0.248 e. The third-order valence-corrected chi connectivity index (χ3v) is 6.39. The van der Waals surface area contributed by atoms with Gasteiger partial charge < -0.3 is 10.1 Å². The van der Waals surface area contributed by atoms with Gasteiger partial charge in [0.25, 0.3) is 0 Å². The van der Waals surface area contributed by atoms with Crippen LogP contribution in [0.15, 0.2) is 73.1 Å². The Hall–Kier alpha value is -3.94. The molecule has 2 aromatic carbocycles. The summed E-state index contributed by atoms with van der Waals surface area (Å²) in [4.78, 5) is 44.2. The number of hydrogen-bond donors (Lipinski definition) is 1. The summed E-state index contributed by atoms with van der Waals surface area (Å²) < 4.78 is 5.35. The van der Waals surface area contributed by atoms with Crippen molar-refractivity contribution in [1.82, 2.24) is 9.88 Å². The lowest BCUT2D eigenvalue weighted by molar-refractivity contribution is -0.111. The van der Waals surface area contributed by atoms with E-state index in [0.29, 0.717) is 23.2 Å². The molecule has 3 aromatic rings. The Morgan fingerprint density at radius 2 is 1.79 bits per heavy atom. The molecule has 1 N–H and O–H groups in total. The fraction of sp³-hybridized carbons (Fsp3) is 0.290. The number of carbonyl (C=O) groups is 3. The number of Topliss-reactive ketones (excluding diaryl/α,β-unsaturated/α-hetero) is 2. The van der Waals surface area contributed by atoms with Crippen molar-refractivity contribution in [3.05, 3.63) is 101 Å². The van der Waals surface area contributed by atoms with E-state index in [9.17, 15) is 14.4 Å². The number of hydrogen-bond acceptors (Lipinski definition) is 6. The van der Waals surface area contributed by atoms with Crippen LogP contribution in [0.3, 0.4) is 0 Å². The number of pyridine rings is 1. The summed E-state index contributed by atoms with van der Waals surface area (Å²) in [5.74, 6) is -0.269. The van der Waals surface area contributed by atoms with Crippen LogP contribution >= 0.6 is 0 Å². The summed E-state index contributed by atoms with van der Waals surface area (Å²) in [5.41, 5.74) is 4.39. The first-order chi connectivity index (χ1) is 18.5. The van der Waals surface area contributed by atoms with Crippen molar-refractivity contribution in [2.45, 2.75) is 26.2 Å². The number of ketones is 2. The number of aryl methyl sites for hydroxylation is 1. The standard InChI is InChI=1S/C31H33N3O4/c1-23-5-2-8-26(17-23)30(36)19-25-7-3-6-24(18-25)10-11-31(37)33-28-20-27(21-32-22-28)29(35)9-4-12-34-13-15-38-16-14-34/h2-3,5-8,10-11,17-18,20-22H,4,9,12-16,19H2,1H3,(H,33,37)/b11-10+. The molecule has 0 bridgehead atoms. The first-order valence-electron chi connectivity index (χ1n) is 12.9. The molecule has 0 saturated carbocycles. The SMILES string of the molecule is Cc1cccc(C(=O)Cc2cccc(/C=C/C(=O)Nc3cncc(C(=O)CCCN4CCOCC4)c3)c2)c1. The lowest BCUT2D eigenvalue weighted by atomic mass is 10.00. The van der Waals surface area contributed by atoms with E-state index in [-0.39, 0.29) is 23.9 Å². The molecule has 7 nitrogen and oxygen atoms in total. The Kier molecular flexibility index (Phi) is 9.67. The number of ether oxygens (including phenoxy) is 1. The number of nitrogens with zero attached hydrogens (tertiary/aromatic N) is 2. The van der Waals surface area contributed by atoms with Gasteiger partial charge in [0.15, 0.2) is 11.6 Å². The zero-order valence-corrected chi connectivity index (χ0v) is 21.7. The molecule has 1 amide bonds. The number of morpholine rings is 1. The number of benzene rings is 2. The predicted octanol–water partition coefficient (Wildman–Crippen LogP) is 4.76. The van der Waals surface area contributed by atoms with E-state index in [4.69, 9.17) is 4.74 Å². The van der Waals surface area contributed by atoms with Crippen molar-refractivity contribution in [2.24, 2.45) is 0 Å². The molecular formula is C31H33N3O4. The summed E-state index contributed by atoms with van der Waals surface area (Å²) in [6.07, 6.45) is 7.67. The van der Waals surface area contributed by atoms with Crippen molar-refractivity contribution < 1.29 is 19.1 Å². The van der Waals surface area contributed by atoms with Gasteiger partial charge in [0, 0.05) is 49.3 Å². The second kappa shape index (κ2) is 13.6. The lowest BCUT2D eigenvalue weighted by Gasteiger charge is -2.26. The molecule has 7 heteroatoms. The molecule has 1 aromatic heterocycles. The van der Waals surface area contributed by atoms with Crippen LogP contribution in [0.2, 0.25) is 0 Å². The summed E-state index contributed by atoms with van der Waals surface area (Å²) in [6, 6.07) is 16.8. The highest BCUT2D eigenvalue weighted by Crippen LogP contribution is 2.14. The summed E-state index contributed by atoms with van der Waals surface area (Å²) in [7, 11) is 0. The van der Waals surface area contributed by atoms with Gasteiger partial charge in [0.05, 0.1) is 25.1 Å². The van der Waals surface area contributed by atoms with Gasteiger partial charge in [-0.3, -0.25) is 24.3 Å². The average molecular weight is 512 g/mol. The van der Waals surface area contributed by atoms with Crippen molar-refractivity contribution in [1.29, 1.82) is 0 Å². The molecule has 0 spiro atoms. The van der Waals surface area contributed by atoms with Gasteiger partial charge in [-0.2, -0.15) is 0 Å². The summed E-state index contributed by atoms with van der Waals surface area (Å²) >= 11 is 0. The maximum Gasteiger partial charge on any atom is 0.248 e. The minimum atomic E-state index is -0.329. The first kappa shape index (κ1) is 27.1. The Labute approximate surface area is 223 Å². The summed E-state index contributed by atoms with van der Waals surface area (Å²) in [5, 5.41) is 2.77. The highest BCUT2D eigenvalue weighted by molar-refractivity contribution is 6.03. The van der Waals surface area contributed by atoms with Gasteiger partial charge in [-0.15, -0.1) is 0 Å². The second-order valence-electron chi connectivity index (χ2n) is 9.48. The molecule has 1 aliphatic rings. The van der Waals surface area contributed by atoms with Crippen LogP contribution in [0.1, 0.15) is 50.2 Å². The van der Waals surface area contributed by atoms with Crippen LogP contribution in [0.5, 0.6) is 0 Å². The quantitative estimate of drug-likeness (QED) is 0.295. The maximum absolute atomic E-state index is 12.6. The Bertz CT molecular complexity index is 1310. The molecule has 0 atom stereocenters. The minimum absolute atomic E-state index is 0.00873. The summed E-state index contributed by atoms with van der Waals surface area (Å²) in [6.45, 7) is 6.12. The number of rotatable bonds is 11. The van der Waals surface area contributed by atoms with Crippen LogP contribution in [0, 0.1) is 6.92 Å². The van der Waals surface area contributed by atoms with Crippen LogP contribution in [0.25, 0.3) is 6.08 Å². The van der Waals surface area contributed by atoms with Gasteiger partial charge in [0.2, 0.25) is 5.91 Å². The molecule has 4 rings (SSSR count). The van der Waals surface area contributed by atoms with Gasteiger partial charge in [-0.25, -0.2) is 0 Å². The fourth-order valence-electron chi connectivity index (χ4n) is 4.36. The molecule has 0 radical (unpaired) electrons. The average Bonchev–Trinajstić information content (AvgIpc) is 2.93. The normalized spacial score (nSPS) is 13.9. The number of aromatic nitrogens is 1. The second-order valence-corrected chi connectivity index (χ2v) is 9.48. The maximum atomic E-state index is 12.6. The number of amides is 1. The Morgan fingerprint density at radius 1 is 0.974 bits per heavy atom. The lowest BCUT2D eigenvalue weighted by Crippen LogP contribution is -2.36. The topological polar surface area (TPSA) is 88.6 Å². The molecule has 0 aliphatic carbocycles. The van der Waals surface area contributed by atoms with E-state index < -0.39 is 0 Å². The molecule has 1 saturated heterocycles. The van der Waals surface area contributed by atoms with Crippen LogP contribution in [-0.2, 0) is 16.0 Å². The number of carbonyl (C=O) groups excluding carboxylic acids is 3. The van der Waals surface area contributed by atoms with Crippen molar-refractivity contribution >= 4 is 29.2 Å². The van der Waals surface area contributed by atoms with E-state index in [1.54, 1.807) is 12.1 Å². The molecule has 196 valence electrons. The van der Waals surface area contributed by atoms with Crippen LogP contribution in [-0.4, -0.2) is 60.2 Å². The first-order valence-corrected chi connectivity index (χ1v) is 12.9. The highest BCUT2D eigenvalue weighted by Gasteiger charge is 2.13. The monoisotopic (exact) mass is 511 g/mol. The van der Waals surface area contributed by atoms with E-state index in [1.807, 2.05) is 55.5 Å². The highest BCUT2D eigenvalue weighted by atomic mass is 16.5. The Morgan fingerprint density at radius 3 is 2.61 bits per heavy atom. The number of nitrogens with one attached hydrogen (secondary N) is 1. The van der Waals surface area contributed by atoms with E-state index in [0.717, 1.165) is 56.0 Å². The predicted molar refractivity (Wildman–Crippen MR) is 148 cm³/mol. The third-order valence-electron chi connectivity index (χ3n) is 6.39. The molecule has 1 fully saturated rings. The van der Waals surface area contributed by atoms with Crippen molar-refractivity contribution in [3.8, 4) is 0 Å². The van der Waals surface area contributed by atoms with E-state index >= 15 is 0 Å². The number of anilines is 1. The largest absolute Gasteiger partial charge is 0.379 e. The van der Waals surface area contributed by atoms with Gasteiger partial charge in [-0.1, -0.05) is 48.0 Å². The van der Waals surface area contributed by atoms with E-state index in [2.05, 4.69) is 15.2 Å². The van der Waals surface area contributed by atoms with Gasteiger partial charge in [-0.05, 0) is 49.2 Å². The van der Waals surface area contributed by atoms with Crippen LogP contribution in [0.4, 0.5) is 5.69 Å². The van der Waals surface area contributed by atoms with Gasteiger partial charge >= 0.3 is 0 Å². The minimum Gasteiger partial charge on any atom is -0.379 e. The molecule has 2 heterocycles. The van der Waals surface area contributed by atoms with Crippen molar-refractivity contribution in [2.75, 3.05) is 38.2 Å². The zero-order chi connectivity index (χ0) is 26.7. The molecule has 0 unspecified atom stereocenters. The van der Waals surface area contributed by atoms with Crippen LogP contribution < -0.4 is 5.32 Å². The fourth-order valence-corrected chi connectivity index (χ4v) is 4.36. The molecule has 1 aliphatic heterocycles. The third kappa shape index (κ3) is 8.30. The Balaban J connectivity index is 1.29. The van der Waals surface area contributed by atoms with Gasteiger partial charge in [0.1, 0.15) is 0 Å². The molecular weight excluding hydrogens is 478 g/mol.